The van der Waals surface area contributed by atoms with Gasteiger partial charge in [0.25, 0.3) is 0 Å². The van der Waals surface area contributed by atoms with Crippen molar-refractivity contribution in [1.82, 2.24) is 0 Å². The van der Waals surface area contributed by atoms with E-state index in [1.54, 1.807) is 30.7 Å². The first-order valence-corrected chi connectivity index (χ1v) is 7.55. The molecule has 0 aliphatic heterocycles. The zero-order valence-electron chi connectivity index (χ0n) is 10.4. The molecule has 8 heteroatoms. The maximum atomic E-state index is 10.6. The molecule has 0 radical (unpaired) electrons. The predicted molar refractivity (Wildman–Crippen MR) is 84.0 cm³/mol. The van der Waals surface area contributed by atoms with Crippen LogP contribution in [0.5, 0.6) is 5.75 Å². The Labute approximate surface area is 132 Å². The molecule has 0 atom stereocenters. The van der Waals surface area contributed by atoms with Crippen LogP contribution in [0.15, 0.2) is 28.1 Å². The molecule has 0 amide bonds. The van der Waals surface area contributed by atoms with Gasteiger partial charge in [0.1, 0.15) is 0 Å². The van der Waals surface area contributed by atoms with Crippen LogP contribution in [0.25, 0.3) is 0 Å². The summed E-state index contributed by atoms with van der Waals surface area (Å²) in [6, 6.07) is 5.02. The number of nitrogens with one attached hydrogen (secondary N) is 1. The topological polar surface area (TPSA) is 64.4 Å². The van der Waals surface area contributed by atoms with E-state index in [9.17, 15) is 10.1 Å². The van der Waals surface area contributed by atoms with Crippen LogP contribution in [-0.2, 0) is 6.54 Å². The molecule has 106 valence electrons. The average Bonchev–Trinajstić information content (AvgIpc) is 2.84. The molecular formula is C12H10BrClN2O3S. The number of rotatable bonds is 5. The van der Waals surface area contributed by atoms with Crippen LogP contribution in [0.4, 0.5) is 10.7 Å². The average molecular weight is 378 g/mol. The molecule has 20 heavy (non-hydrogen) atoms. The van der Waals surface area contributed by atoms with Crippen LogP contribution in [0.1, 0.15) is 5.56 Å². The van der Waals surface area contributed by atoms with Gasteiger partial charge in [-0.15, -0.1) is 0 Å². The van der Waals surface area contributed by atoms with Gasteiger partial charge < -0.3 is 10.1 Å². The lowest BCUT2D eigenvalue weighted by Crippen LogP contribution is -2.01. The molecule has 2 aromatic rings. The summed E-state index contributed by atoms with van der Waals surface area (Å²) in [6.07, 6.45) is 0. The Hall–Kier alpha value is -1.31. The van der Waals surface area contributed by atoms with E-state index in [4.69, 9.17) is 16.3 Å². The van der Waals surface area contributed by atoms with Crippen molar-refractivity contribution in [2.24, 2.45) is 0 Å². The summed E-state index contributed by atoms with van der Waals surface area (Å²) in [4.78, 5) is 10.2. The molecular weight excluding hydrogens is 368 g/mol. The predicted octanol–water partition coefficient (Wildman–Crippen LogP) is 4.69. The monoisotopic (exact) mass is 376 g/mol. The van der Waals surface area contributed by atoms with E-state index in [-0.39, 0.29) is 5.00 Å². The zero-order valence-corrected chi connectivity index (χ0v) is 13.5. The third-order valence-corrected chi connectivity index (χ3v) is 4.25. The minimum absolute atomic E-state index is 0.126. The van der Waals surface area contributed by atoms with E-state index < -0.39 is 4.92 Å². The van der Waals surface area contributed by atoms with Gasteiger partial charge in [0.05, 0.1) is 22.2 Å². The molecule has 0 bridgehead atoms. The van der Waals surface area contributed by atoms with E-state index in [2.05, 4.69) is 21.2 Å². The van der Waals surface area contributed by atoms with Crippen molar-refractivity contribution in [1.29, 1.82) is 0 Å². The van der Waals surface area contributed by atoms with Gasteiger partial charge in [0.2, 0.25) is 0 Å². The summed E-state index contributed by atoms with van der Waals surface area (Å²) in [7, 11) is 1.56. The molecule has 1 aromatic carbocycles. The highest BCUT2D eigenvalue weighted by molar-refractivity contribution is 9.10. The summed E-state index contributed by atoms with van der Waals surface area (Å²) in [5.74, 6) is 0.638. The first-order valence-electron chi connectivity index (χ1n) is 5.50. The van der Waals surface area contributed by atoms with Crippen molar-refractivity contribution >= 4 is 49.6 Å². The largest absolute Gasteiger partial charge is 0.493 e. The lowest BCUT2D eigenvalue weighted by atomic mass is 10.2. The highest BCUT2D eigenvalue weighted by Gasteiger charge is 2.12. The van der Waals surface area contributed by atoms with Crippen molar-refractivity contribution in [3.8, 4) is 5.75 Å². The Kier molecular flexibility index (Phi) is 4.85. The van der Waals surface area contributed by atoms with Crippen LogP contribution in [-0.4, -0.2) is 12.0 Å². The zero-order chi connectivity index (χ0) is 14.7. The first kappa shape index (κ1) is 15.1. The van der Waals surface area contributed by atoms with Crippen molar-refractivity contribution in [2.45, 2.75) is 6.54 Å². The second-order valence-electron chi connectivity index (χ2n) is 3.87. The fraction of sp³-hybridized carbons (Fsp3) is 0.167. The van der Waals surface area contributed by atoms with Gasteiger partial charge in [-0.3, -0.25) is 10.1 Å². The van der Waals surface area contributed by atoms with Crippen LogP contribution >= 0.6 is 38.9 Å². The molecule has 0 aliphatic rings. The Balaban J connectivity index is 2.15. The number of nitrogens with zero attached hydrogens (tertiary/aromatic N) is 1. The molecule has 5 nitrogen and oxygen atoms in total. The molecule has 0 fully saturated rings. The van der Waals surface area contributed by atoms with Crippen molar-refractivity contribution in [3.05, 3.63) is 48.8 Å². The van der Waals surface area contributed by atoms with E-state index in [0.29, 0.717) is 17.3 Å². The summed E-state index contributed by atoms with van der Waals surface area (Å²) in [5, 5.41) is 16.2. The van der Waals surface area contributed by atoms with Crippen LogP contribution in [0.3, 0.4) is 0 Å². The number of ether oxygens (including phenoxy) is 1. The van der Waals surface area contributed by atoms with Gasteiger partial charge in [-0.25, -0.2) is 0 Å². The number of methoxy groups -OCH3 is 1. The molecule has 1 aromatic heterocycles. The number of thiophene rings is 1. The molecule has 1 heterocycles. The SMILES string of the molecule is COc1c(Br)cc(Cl)cc1NCc1csc([N+](=O)[O-])c1. The van der Waals surface area contributed by atoms with E-state index in [1.807, 2.05) is 0 Å². The maximum absolute atomic E-state index is 10.6. The molecule has 1 N–H and O–H groups in total. The number of nitro groups is 1. The molecule has 0 saturated heterocycles. The number of anilines is 1. The smallest absolute Gasteiger partial charge is 0.324 e. The second-order valence-corrected chi connectivity index (χ2v) is 6.05. The maximum Gasteiger partial charge on any atom is 0.324 e. The van der Waals surface area contributed by atoms with Crippen molar-refractivity contribution in [3.63, 3.8) is 0 Å². The lowest BCUT2D eigenvalue weighted by Gasteiger charge is -2.12. The molecule has 0 unspecified atom stereocenters. The number of halogens is 2. The van der Waals surface area contributed by atoms with Gasteiger partial charge in [-0.1, -0.05) is 22.9 Å². The fourth-order valence-electron chi connectivity index (χ4n) is 1.65. The summed E-state index contributed by atoms with van der Waals surface area (Å²) in [6.45, 7) is 0.452. The minimum Gasteiger partial charge on any atom is -0.493 e. The molecule has 2 rings (SSSR count). The Bertz CT molecular complexity index is 648. The van der Waals surface area contributed by atoms with Gasteiger partial charge in [-0.05, 0) is 33.6 Å². The Morgan fingerprint density at radius 1 is 1.50 bits per heavy atom. The highest BCUT2D eigenvalue weighted by Crippen LogP contribution is 2.36. The summed E-state index contributed by atoms with van der Waals surface area (Å²) in [5.41, 5.74) is 1.56. The fourth-order valence-corrected chi connectivity index (χ4v) is 3.35. The molecule has 0 spiro atoms. The van der Waals surface area contributed by atoms with E-state index >= 15 is 0 Å². The Morgan fingerprint density at radius 3 is 2.85 bits per heavy atom. The minimum atomic E-state index is -0.398. The van der Waals surface area contributed by atoms with Gasteiger partial charge in [0, 0.05) is 23.0 Å². The third kappa shape index (κ3) is 3.41. The van der Waals surface area contributed by atoms with Crippen LogP contribution in [0.2, 0.25) is 5.02 Å². The number of hydrogen-bond donors (Lipinski definition) is 1. The second kappa shape index (κ2) is 6.43. The van der Waals surface area contributed by atoms with Crippen LogP contribution in [0, 0.1) is 10.1 Å². The van der Waals surface area contributed by atoms with E-state index in [1.165, 1.54) is 0 Å². The van der Waals surface area contributed by atoms with Crippen molar-refractivity contribution < 1.29 is 9.66 Å². The highest BCUT2D eigenvalue weighted by atomic mass is 79.9. The number of benzene rings is 1. The van der Waals surface area contributed by atoms with Gasteiger partial charge >= 0.3 is 5.00 Å². The van der Waals surface area contributed by atoms with Crippen LogP contribution < -0.4 is 10.1 Å². The first-order chi connectivity index (χ1) is 9.51. The molecule has 0 aliphatic carbocycles. The third-order valence-electron chi connectivity index (χ3n) is 2.52. The lowest BCUT2D eigenvalue weighted by molar-refractivity contribution is -0.380. The normalized spacial score (nSPS) is 10.3. The summed E-state index contributed by atoms with van der Waals surface area (Å²) >= 11 is 10.5. The standard InChI is InChI=1S/C12H10BrClN2O3S/c1-19-12-9(13)3-8(14)4-10(12)15-5-7-2-11(16(17)18)20-6-7/h2-4,6,15H,5H2,1H3. The number of hydrogen-bond acceptors (Lipinski definition) is 5. The quantitative estimate of drug-likeness (QED) is 0.606. The van der Waals surface area contributed by atoms with Gasteiger partial charge in [-0.2, -0.15) is 0 Å². The Morgan fingerprint density at radius 2 is 2.25 bits per heavy atom. The van der Waals surface area contributed by atoms with E-state index in [0.717, 1.165) is 27.1 Å². The van der Waals surface area contributed by atoms with Gasteiger partial charge in [0.15, 0.2) is 5.75 Å². The molecule has 0 saturated carbocycles. The summed E-state index contributed by atoms with van der Waals surface area (Å²) < 4.78 is 6.03. The van der Waals surface area contributed by atoms with Crippen molar-refractivity contribution in [2.75, 3.05) is 12.4 Å².